The van der Waals surface area contributed by atoms with Crippen LogP contribution in [0.15, 0.2) is 18.7 Å². The minimum atomic E-state index is -2.12. The van der Waals surface area contributed by atoms with Crippen molar-refractivity contribution in [3.63, 3.8) is 0 Å². The summed E-state index contributed by atoms with van der Waals surface area (Å²) in [7, 11) is 0. The standard InChI is InChI=1S/C29H40N2O8/c1-9-22-18(5)25(17(4)14-32)38-27(36)21(8)24(34)20(7)23(33)16(3)13-29(10-2,26(35)19(22)6)39-28(37)31-12-11-30-15-31/h1-2,11-12,15-25,32-34H,13-14H2,3-8H3/t16-,17-,18+,19+,20+,21+,22?,23-,24-,25+,29-/m0/s1. The van der Waals surface area contributed by atoms with E-state index in [9.17, 15) is 29.7 Å². The van der Waals surface area contributed by atoms with Crippen LogP contribution in [0.5, 0.6) is 0 Å². The van der Waals surface area contributed by atoms with Gasteiger partial charge < -0.3 is 24.8 Å². The molecule has 0 spiro atoms. The maximum absolute atomic E-state index is 14.1. The number of cyclic esters (lactones) is 1. The number of imidazole rings is 1. The molecule has 0 amide bonds. The van der Waals surface area contributed by atoms with Gasteiger partial charge in [0.05, 0.1) is 18.1 Å². The Kier molecular flexibility index (Phi) is 10.9. The molecule has 2 rings (SSSR count). The molecule has 1 aliphatic heterocycles. The SMILES string of the molecule is C#CC1[C@@H](C)[C@@H]([C@@H](C)CO)OC(=O)[C@H](C)[C@@H](O)[C@H](C)[C@@H](O)[C@@H](C)C[C@](C#C)(OC(=O)n2ccnc2)C(=O)[C@@H]1C. The zero-order valence-electron chi connectivity index (χ0n) is 23.4. The number of rotatable bonds is 3. The quantitative estimate of drug-likeness (QED) is 0.383. The molecule has 39 heavy (non-hydrogen) atoms. The number of carbonyl (C=O) groups excluding carboxylic acids is 3. The summed E-state index contributed by atoms with van der Waals surface area (Å²) >= 11 is 0. The van der Waals surface area contributed by atoms with Gasteiger partial charge in [0, 0.05) is 55.0 Å². The van der Waals surface area contributed by atoms with E-state index in [2.05, 4.69) is 16.8 Å². The lowest BCUT2D eigenvalue weighted by atomic mass is 9.71. The van der Waals surface area contributed by atoms with E-state index in [0.717, 1.165) is 4.57 Å². The Morgan fingerprint density at radius 1 is 1.18 bits per heavy atom. The second-order valence-corrected chi connectivity index (χ2v) is 10.9. The van der Waals surface area contributed by atoms with Gasteiger partial charge in [-0.3, -0.25) is 9.59 Å². The van der Waals surface area contributed by atoms with Crippen LogP contribution in [0.2, 0.25) is 0 Å². The highest BCUT2D eigenvalue weighted by molar-refractivity contribution is 5.95. The highest BCUT2D eigenvalue weighted by Crippen LogP contribution is 2.37. The molecule has 0 aromatic carbocycles. The van der Waals surface area contributed by atoms with Crippen molar-refractivity contribution in [1.29, 1.82) is 0 Å². The predicted molar refractivity (Wildman–Crippen MR) is 142 cm³/mol. The van der Waals surface area contributed by atoms with Gasteiger partial charge in [-0.2, -0.15) is 0 Å². The number of carbonyl (C=O) groups is 3. The minimum Gasteiger partial charge on any atom is -0.461 e. The number of ketones is 1. The molecular weight excluding hydrogens is 504 g/mol. The first-order chi connectivity index (χ1) is 18.3. The Balaban J connectivity index is 2.68. The average Bonchev–Trinajstić information content (AvgIpc) is 3.47. The smallest absolute Gasteiger partial charge is 0.421 e. The van der Waals surface area contributed by atoms with Crippen molar-refractivity contribution < 1.29 is 39.2 Å². The summed E-state index contributed by atoms with van der Waals surface area (Å²) in [5, 5.41) is 32.0. The third-order valence-electron chi connectivity index (χ3n) is 8.09. The second kappa shape index (κ2) is 13.3. The molecule has 11 atom stereocenters. The maximum Gasteiger partial charge on any atom is 0.421 e. The minimum absolute atomic E-state index is 0.272. The van der Waals surface area contributed by atoms with Crippen LogP contribution in [-0.2, 0) is 19.1 Å². The van der Waals surface area contributed by atoms with Gasteiger partial charge in [-0.15, -0.1) is 18.8 Å². The molecule has 3 N–H and O–H groups in total. The number of ether oxygens (including phenoxy) is 2. The Labute approximate surface area is 230 Å². The molecule has 214 valence electrons. The Morgan fingerprint density at radius 2 is 1.82 bits per heavy atom. The van der Waals surface area contributed by atoms with E-state index >= 15 is 0 Å². The number of aromatic nitrogens is 2. The molecule has 1 aromatic rings. The van der Waals surface area contributed by atoms with E-state index < -0.39 is 83.2 Å². The molecule has 10 heteroatoms. The van der Waals surface area contributed by atoms with E-state index in [-0.39, 0.29) is 13.0 Å². The van der Waals surface area contributed by atoms with Crippen LogP contribution in [0.25, 0.3) is 0 Å². The van der Waals surface area contributed by atoms with Gasteiger partial charge in [0.15, 0.2) is 5.78 Å². The topological polar surface area (TPSA) is 148 Å². The molecule has 0 radical (unpaired) electrons. The molecule has 1 saturated heterocycles. The number of terminal acetylenes is 2. The fourth-order valence-corrected chi connectivity index (χ4v) is 5.38. The van der Waals surface area contributed by atoms with E-state index in [1.807, 2.05) is 0 Å². The van der Waals surface area contributed by atoms with Gasteiger partial charge in [-0.25, -0.2) is 14.3 Å². The summed E-state index contributed by atoms with van der Waals surface area (Å²) in [6.45, 7) is 9.26. The van der Waals surface area contributed by atoms with Gasteiger partial charge in [-0.1, -0.05) is 40.5 Å². The van der Waals surface area contributed by atoms with E-state index in [4.69, 9.17) is 22.3 Å². The van der Waals surface area contributed by atoms with Crippen LogP contribution in [-0.4, -0.2) is 73.2 Å². The number of esters is 1. The largest absolute Gasteiger partial charge is 0.461 e. The van der Waals surface area contributed by atoms with Gasteiger partial charge in [-0.05, 0) is 12.8 Å². The summed E-state index contributed by atoms with van der Waals surface area (Å²) in [4.78, 5) is 44.0. The van der Waals surface area contributed by atoms with Crippen LogP contribution >= 0.6 is 0 Å². The van der Waals surface area contributed by atoms with Crippen LogP contribution in [0.1, 0.15) is 48.0 Å². The lowest BCUT2D eigenvalue weighted by Crippen LogP contribution is -2.52. The van der Waals surface area contributed by atoms with Crippen molar-refractivity contribution in [2.45, 2.75) is 71.9 Å². The number of aliphatic hydroxyl groups is 3. The Morgan fingerprint density at radius 3 is 2.33 bits per heavy atom. The number of hydrogen-bond acceptors (Lipinski definition) is 9. The molecule has 0 saturated carbocycles. The first-order valence-electron chi connectivity index (χ1n) is 13.1. The van der Waals surface area contributed by atoms with E-state index in [0.29, 0.717) is 0 Å². The summed E-state index contributed by atoms with van der Waals surface area (Å²) in [5.41, 5.74) is -2.12. The van der Waals surface area contributed by atoms with Gasteiger partial charge >= 0.3 is 12.1 Å². The third-order valence-corrected chi connectivity index (χ3v) is 8.09. The van der Waals surface area contributed by atoms with Crippen molar-refractivity contribution in [2.24, 2.45) is 41.4 Å². The Hall–Kier alpha value is -3.18. The highest BCUT2D eigenvalue weighted by Gasteiger charge is 2.50. The van der Waals surface area contributed by atoms with Crippen LogP contribution < -0.4 is 0 Å². The van der Waals surface area contributed by atoms with Crippen molar-refractivity contribution in [3.8, 4) is 24.7 Å². The summed E-state index contributed by atoms with van der Waals surface area (Å²) < 4.78 is 12.5. The summed E-state index contributed by atoms with van der Waals surface area (Å²) in [5.74, 6) is -2.02. The summed E-state index contributed by atoms with van der Waals surface area (Å²) in [6, 6.07) is 0. The maximum atomic E-state index is 14.1. The third kappa shape index (κ3) is 6.70. The van der Waals surface area contributed by atoms with Gasteiger partial charge in [0.1, 0.15) is 12.4 Å². The molecule has 1 aromatic heterocycles. The lowest BCUT2D eigenvalue weighted by molar-refractivity contribution is -0.169. The molecule has 1 unspecified atom stereocenters. The fraction of sp³-hybridized carbons (Fsp3) is 0.655. The van der Waals surface area contributed by atoms with Crippen molar-refractivity contribution in [1.82, 2.24) is 9.55 Å². The second-order valence-electron chi connectivity index (χ2n) is 10.9. The van der Waals surface area contributed by atoms with Gasteiger partial charge in [0.2, 0.25) is 5.60 Å². The monoisotopic (exact) mass is 544 g/mol. The molecule has 2 heterocycles. The molecule has 1 fully saturated rings. The van der Waals surface area contributed by atoms with Crippen LogP contribution in [0.3, 0.4) is 0 Å². The molecule has 0 bridgehead atoms. The first kappa shape index (κ1) is 32.0. The van der Waals surface area contributed by atoms with E-state index in [1.165, 1.54) is 25.6 Å². The zero-order chi connectivity index (χ0) is 29.7. The molecular formula is C29H40N2O8. The Bertz CT molecular complexity index is 1090. The normalized spacial score (nSPS) is 37.5. The fourth-order valence-electron chi connectivity index (χ4n) is 5.38. The molecule has 0 aliphatic carbocycles. The number of hydrogen-bond donors (Lipinski definition) is 3. The lowest BCUT2D eigenvalue weighted by Gasteiger charge is -2.40. The van der Waals surface area contributed by atoms with Crippen molar-refractivity contribution in [3.05, 3.63) is 18.7 Å². The first-order valence-corrected chi connectivity index (χ1v) is 13.1. The predicted octanol–water partition coefficient (Wildman–Crippen LogP) is 1.90. The summed E-state index contributed by atoms with van der Waals surface area (Å²) in [6.07, 6.45) is 11.0. The number of aliphatic hydroxyl groups excluding tert-OH is 3. The number of Topliss-reactive ketones (excluding diaryl/α,β-unsaturated/α-hetero) is 1. The molecule has 10 nitrogen and oxygen atoms in total. The zero-order valence-corrected chi connectivity index (χ0v) is 23.4. The highest BCUT2D eigenvalue weighted by atomic mass is 16.6. The van der Waals surface area contributed by atoms with Crippen molar-refractivity contribution >= 4 is 17.8 Å². The van der Waals surface area contributed by atoms with E-state index in [1.54, 1.807) is 34.6 Å². The number of nitrogens with zero attached hydrogens (tertiary/aromatic N) is 2. The van der Waals surface area contributed by atoms with Crippen LogP contribution in [0, 0.1) is 66.1 Å². The van der Waals surface area contributed by atoms with Gasteiger partial charge in [0.25, 0.3) is 0 Å². The molecule has 1 aliphatic rings. The van der Waals surface area contributed by atoms with Crippen molar-refractivity contribution in [2.75, 3.05) is 6.61 Å². The average molecular weight is 545 g/mol. The van der Waals surface area contributed by atoms with Crippen LogP contribution in [0.4, 0.5) is 4.79 Å².